The fourth-order valence-corrected chi connectivity index (χ4v) is 3.87. The highest BCUT2D eigenvalue weighted by molar-refractivity contribution is 7.92. The minimum absolute atomic E-state index is 0.0384. The molecule has 0 atom stereocenters. The molecule has 0 aliphatic heterocycles. The molecular weight excluding hydrogens is 298 g/mol. The Kier molecular flexibility index (Phi) is 4.56. The van der Waals surface area contributed by atoms with Crippen molar-refractivity contribution in [2.45, 2.75) is 11.8 Å². The van der Waals surface area contributed by atoms with E-state index in [1.165, 1.54) is 6.92 Å². The van der Waals surface area contributed by atoms with Crippen molar-refractivity contribution < 1.29 is 16.8 Å². The van der Waals surface area contributed by atoms with Crippen LogP contribution in [0.15, 0.2) is 4.90 Å². The fraction of sp³-hybridized carbons (Fsp3) is 0.625. The standard InChI is InChI=1S/C8H15N3O4S3/c1-3-18(14,15)6-7(9)11-16-8(6)10-4-5-17(2,12)13/h10H,3-5H2,1-2H3,(H2,9,11). The number of nitrogen functional groups attached to an aromatic ring is 1. The predicted molar refractivity (Wildman–Crippen MR) is 72.5 cm³/mol. The van der Waals surface area contributed by atoms with Gasteiger partial charge in [0, 0.05) is 12.8 Å². The second-order valence-electron chi connectivity index (χ2n) is 3.69. The van der Waals surface area contributed by atoms with Crippen LogP contribution in [0.25, 0.3) is 0 Å². The van der Waals surface area contributed by atoms with E-state index < -0.39 is 19.7 Å². The van der Waals surface area contributed by atoms with E-state index in [1.807, 2.05) is 0 Å². The summed E-state index contributed by atoms with van der Waals surface area (Å²) in [6.45, 7) is 1.62. The molecule has 1 heterocycles. The molecule has 1 rings (SSSR count). The summed E-state index contributed by atoms with van der Waals surface area (Å²) in [5, 5.41) is 3.04. The van der Waals surface area contributed by atoms with Crippen molar-refractivity contribution in [3.8, 4) is 0 Å². The summed E-state index contributed by atoms with van der Waals surface area (Å²) in [7, 11) is -6.57. The molecule has 10 heteroatoms. The second-order valence-corrected chi connectivity index (χ2v) is 8.93. The summed E-state index contributed by atoms with van der Waals surface area (Å²) in [5.41, 5.74) is 5.52. The highest BCUT2D eigenvalue weighted by atomic mass is 32.2. The summed E-state index contributed by atoms with van der Waals surface area (Å²) in [6.07, 6.45) is 1.11. The molecule has 0 unspecified atom stereocenters. The normalized spacial score (nSPS) is 12.6. The SMILES string of the molecule is CCS(=O)(=O)c1c(N)nsc1NCCS(C)(=O)=O. The Balaban J connectivity index is 2.92. The largest absolute Gasteiger partial charge is 0.382 e. The molecule has 0 amide bonds. The number of rotatable bonds is 6. The van der Waals surface area contributed by atoms with E-state index in [2.05, 4.69) is 9.69 Å². The average Bonchev–Trinajstić information content (AvgIpc) is 2.58. The van der Waals surface area contributed by atoms with Gasteiger partial charge in [-0.2, -0.15) is 4.37 Å². The minimum Gasteiger partial charge on any atom is -0.382 e. The first kappa shape index (κ1) is 15.2. The van der Waals surface area contributed by atoms with Crippen molar-refractivity contribution in [2.75, 3.05) is 35.4 Å². The van der Waals surface area contributed by atoms with Crippen molar-refractivity contribution in [1.82, 2.24) is 4.37 Å². The number of anilines is 2. The molecule has 1 aromatic rings. The van der Waals surface area contributed by atoms with Gasteiger partial charge in [-0.15, -0.1) is 0 Å². The third-order valence-electron chi connectivity index (χ3n) is 2.12. The number of nitrogens with two attached hydrogens (primary N) is 1. The first-order chi connectivity index (χ1) is 8.17. The van der Waals surface area contributed by atoms with Crippen LogP contribution in [-0.2, 0) is 19.7 Å². The smallest absolute Gasteiger partial charge is 0.184 e. The Labute approximate surface area is 110 Å². The summed E-state index contributed by atoms with van der Waals surface area (Å²) >= 11 is 0.909. The fourth-order valence-electron chi connectivity index (χ4n) is 1.20. The molecule has 0 aliphatic carbocycles. The van der Waals surface area contributed by atoms with Gasteiger partial charge in [-0.1, -0.05) is 6.92 Å². The zero-order valence-electron chi connectivity index (χ0n) is 10.0. The lowest BCUT2D eigenvalue weighted by Gasteiger charge is -2.06. The highest BCUT2D eigenvalue weighted by Crippen LogP contribution is 2.31. The molecule has 3 N–H and O–H groups in total. The molecule has 0 fully saturated rings. The molecule has 0 aromatic carbocycles. The zero-order chi connectivity index (χ0) is 14.0. The Bertz CT molecular complexity index is 618. The van der Waals surface area contributed by atoms with Gasteiger partial charge in [-0.25, -0.2) is 16.8 Å². The van der Waals surface area contributed by atoms with Crippen molar-refractivity contribution >= 4 is 42.0 Å². The van der Waals surface area contributed by atoms with Gasteiger partial charge in [0.1, 0.15) is 19.7 Å². The maximum absolute atomic E-state index is 11.8. The molecule has 0 saturated heterocycles. The van der Waals surface area contributed by atoms with Gasteiger partial charge in [-0.3, -0.25) is 0 Å². The van der Waals surface area contributed by atoms with Gasteiger partial charge in [0.25, 0.3) is 0 Å². The van der Waals surface area contributed by atoms with E-state index in [-0.39, 0.29) is 33.8 Å². The Morgan fingerprint density at radius 3 is 2.44 bits per heavy atom. The maximum Gasteiger partial charge on any atom is 0.184 e. The van der Waals surface area contributed by atoms with Crippen LogP contribution in [0.5, 0.6) is 0 Å². The first-order valence-electron chi connectivity index (χ1n) is 5.07. The van der Waals surface area contributed by atoms with Crippen LogP contribution in [0.2, 0.25) is 0 Å². The first-order valence-corrected chi connectivity index (χ1v) is 9.55. The number of nitrogens with one attached hydrogen (secondary N) is 1. The average molecular weight is 313 g/mol. The van der Waals surface area contributed by atoms with Gasteiger partial charge >= 0.3 is 0 Å². The predicted octanol–water partition coefficient (Wildman–Crippen LogP) is -0.0246. The second kappa shape index (κ2) is 5.41. The molecule has 104 valence electrons. The summed E-state index contributed by atoms with van der Waals surface area (Å²) in [5.74, 6) is -0.226. The van der Waals surface area contributed by atoms with Gasteiger partial charge in [0.2, 0.25) is 0 Å². The quantitative estimate of drug-likeness (QED) is 0.757. The van der Waals surface area contributed by atoms with Gasteiger partial charge < -0.3 is 11.1 Å². The molecule has 0 bridgehead atoms. The molecule has 7 nitrogen and oxygen atoms in total. The van der Waals surface area contributed by atoms with Crippen molar-refractivity contribution in [3.05, 3.63) is 0 Å². The summed E-state index contributed by atoms with van der Waals surface area (Å²) in [6, 6.07) is 0. The van der Waals surface area contributed by atoms with E-state index in [0.717, 1.165) is 17.8 Å². The third-order valence-corrected chi connectivity index (χ3v) is 5.81. The molecule has 18 heavy (non-hydrogen) atoms. The number of hydrogen-bond acceptors (Lipinski definition) is 8. The molecule has 0 spiro atoms. The lowest BCUT2D eigenvalue weighted by atomic mass is 10.6. The summed E-state index contributed by atoms with van der Waals surface area (Å²) < 4.78 is 49.3. The Morgan fingerprint density at radius 2 is 1.94 bits per heavy atom. The molecule has 0 aliphatic rings. The van der Waals surface area contributed by atoms with Crippen molar-refractivity contribution in [2.24, 2.45) is 0 Å². The van der Waals surface area contributed by atoms with E-state index >= 15 is 0 Å². The number of aromatic nitrogens is 1. The Morgan fingerprint density at radius 1 is 1.33 bits per heavy atom. The van der Waals surface area contributed by atoms with Crippen LogP contribution in [0, 0.1) is 0 Å². The number of nitrogens with zero attached hydrogens (tertiary/aromatic N) is 1. The van der Waals surface area contributed by atoms with Crippen LogP contribution < -0.4 is 11.1 Å². The van der Waals surface area contributed by atoms with E-state index in [4.69, 9.17) is 5.73 Å². The van der Waals surface area contributed by atoms with E-state index in [1.54, 1.807) is 0 Å². The van der Waals surface area contributed by atoms with Crippen LogP contribution in [0.4, 0.5) is 10.8 Å². The highest BCUT2D eigenvalue weighted by Gasteiger charge is 2.23. The van der Waals surface area contributed by atoms with E-state index in [0.29, 0.717) is 0 Å². The van der Waals surface area contributed by atoms with Crippen molar-refractivity contribution in [3.63, 3.8) is 0 Å². The summed E-state index contributed by atoms with van der Waals surface area (Å²) in [4.78, 5) is -0.0384. The zero-order valence-corrected chi connectivity index (χ0v) is 12.5. The molecule has 0 radical (unpaired) electrons. The third kappa shape index (κ3) is 3.82. The Hall–Kier alpha value is -0.870. The van der Waals surface area contributed by atoms with Gasteiger partial charge in [-0.05, 0) is 11.5 Å². The van der Waals surface area contributed by atoms with Crippen molar-refractivity contribution in [1.29, 1.82) is 0 Å². The van der Waals surface area contributed by atoms with Gasteiger partial charge in [0.15, 0.2) is 15.7 Å². The maximum atomic E-state index is 11.8. The molecular formula is C8H15N3O4S3. The van der Waals surface area contributed by atoms with E-state index in [9.17, 15) is 16.8 Å². The lowest BCUT2D eigenvalue weighted by molar-refractivity contribution is 0.598. The van der Waals surface area contributed by atoms with Crippen LogP contribution >= 0.6 is 11.5 Å². The monoisotopic (exact) mass is 313 g/mol. The number of sulfone groups is 2. The van der Waals surface area contributed by atoms with Gasteiger partial charge in [0.05, 0.1) is 11.5 Å². The molecule has 0 saturated carbocycles. The number of hydrogen-bond donors (Lipinski definition) is 2. The van der Waals surface area contributed by atoms with Crippen LogP contribution in [0.3, 0.4) is 0 Å². The minimum atomic E-state index is -3.47. The molecule has 1 aromatic heterocycles. The van der Waals surface area contributed by atoms with Crippen LogP contribution in [-0.4, -0.2) is 45.5 Å². The van der Waals surface area contributed by atoms with Crippen LogP contribution in [0.1, 0.15) is 6.92 Å². The lowest BCUT2D eigenvalue weighted by Crippen LogP contribution is -2.15. The topological polar surface area (TPSA) is 119 Å².